The molecule has 6 aliphatic heterocycles. The molecule has 1 aromatic rings. The van der Waals surface area contributed by atoms with Crippen LogP contribution in [-0.4, -0.2) is 47.5 Å². The molecule has 0 spiro atoms. The number of nitrogens with zero attached hydrogens (tertiary/aromatic N) is 2. The normalized spacial score (nSPS) is 26.0. The van der Waals surface area contributed by atoms with Gasteiger partial charge in [0.15, 0.2) is 11.6 Å². The van der Waals surface area contributed by atoms with Crippen LogP contribution in [0.3, 0.4) is 0 Å². The first-order valence-electron chi connectivity index (χ1n) is 9.56. The molecule has 26 heavy (non-hydrogen) atoms. The average Bonchev–Trinajstić information content (AvgIpc) is 2.70. The van der Waals surface area contributed by atoms with Crippen LogP contribution >= 0.6 is 0 Å². The van der Waals surface area contributed by atoms with Gasteiger partial charge in [0.1, 0.15) is 0 Å². The first-order valence-corrected chi connectivity index (χ1v) is 9.56. The number of Topliss-reactive ketones (excluding diaryl/α,β-unsaturated/α-hetero) is 2. The Hall–Kier alpha value is -2.36. The fourth-order valence-corrected chi connectivity index (χ4v) is 5.56. The van der Waals surface area contributed by atoms with Gasteiger partial charge in [-0.25, -0.2) is 0 Å². The number of fused-ring (bicyclic) bond motifs is 6. The third-order valence-corrected chi connectivity index (χ3v) is 7.38. The van der Waals surface area contributed by atoms with Crippen molar-refractivity contribution in [3.8, 4) is 0 Å². The fraction of sp³-hybridized carbons (Fsp3) is 0.455. The van der Waals surface area contributed by atoms with Crippen LogP contribution < -0.4 is 0 Å². The van der Waals surface area contributed by atoms with Crippen molar-refractivity contribution in [2.45, 2.75) is 36.5 Å². The van der Waals surface area contributed by atoms with Gasteiger partial charge in [-0.1, -0.05) is 37.4 Å². The maximum Gasteiger partial charge on any atom is 0.188 e. The van der Waals surface area contributed by atoms with Gasteiger partial charge in [-0.2, -0.15) is 0 Å². The molecule has 0 aromatic heterocycles. The van der Waals surface area contributed by atoms with Gasteiger partial charge in [-0.3, -0.25) is 9.59 Å². The summed E-state index contributed by atoms with van der Waals surface area (Å²) in [5, 5.41) is 0. The molecular formula is C22H24N2O2. The number of carbonyl (C=O) groups is 2. The third-order valence-electron chi connectivity index (χ3n) is 7.38. The van der Waals surface area contributed by atoms with E-state index in [9.17, 15) is 9.59 Å². The molecule has 4 bridgehead atoms. The molecule has 0 radical (unpaired) electrons. The molecule has 1 aromatic carbocycles. The predicted octanol–water partition coefficient (Wildman–Crippen LogP) is 2.55. The number of hydrogen-bond donors (Lipinski definition) is 0. The summed E-state index contributed by atoms with van der Waals surface area (Å²) in [5.41, 5.74) is 2.68. The highest BCUT2D eigenvalue weighted by Crippen LogP contribution is 2.47. The number of ketones is 2. The molecule has 0 saturated carbocycles. The van der Waals surface area contributed by atoms with Crippen molar-refractivity contribution in [1.29, 1.82) is 0 Å². The molecule has 0 unspecified atom stereocenters. The Bertz CT molecular complexity index is 764. The molecule has 6 aliphatic rings. The van der Waals surface area contributed by atoms with Gasteiger partial charge in [-0.15, -0.1) is 0 Å². The topological polar surface area (TPSA) is 40.6 Å². The summed E-state index contributed by atoms with van der Waals surface area (Å²) < 4.78 is 0. The van der Waals surface area contributed by atoms with E-state index in [0.29, 0.717) is 11.4 Å². The van der Waals surface area contributed by atoms with Crippen molar-refractivity contribution in [2.75, 3.05) is 26.2 Å². The first kappa shape index (κ1) is 15.9. The monoisotopic (exact) mass is 348 g/mol. The van der Waals surface area contributed by atoms with Gasteiger partial charge in [0.05, 0.1) is 22.2 Å². The Labute approximate surface area is 154 Å². The maximum absolute atomic E-state index is 12.9. The van der Waals surface area contributed by atoms with Crippen molar-refractivity contribution < 1.29 is 9.59 Å². The Kier molecular flexibility index (Phi) is 3.10. The highest BCUT2D eigenvalue weighted by atomic mass is 16.1. The van der Waals surface area contributed by atoms with Crippen LogP contribution in [0.2, 0.25) is 0 Å². The zero-order chi connectivity index (χ0) is 18.1. The van der Waals surface area contributed by atoms with Gasteiger partial charge in [-0.05, 0) is 36.8 Å². The fourth-order valence-electron chi connectivity index (χ4n) is 5.56. The maximum atomic E-state index is 12.9. The van der Waals surface area contributed by atoms with Crippen LogP contribution in [0.15, 0.2) is 48.8 Å². The quantitative estimate of drug-likeness (QED) is 0.770. The Morgan fingerprint density at radius 2 is 0.962 bits per heavy atom. The van der Waals surface area contributed by atoms with E-state index in [0.717, 1.165) is 63.0 Å². The zero-order valence-electron chi connectivity index (χ0n) is 15.1. The molecule has 0 aliphatic carbocycles. The second kappa shape index (κ2) is 5.09. The lowest BCUT2D eigenvalue weighted by Gasteiger charge is -2.50. The standard InChI is InChI=1S/C22H24N2O2/c1-15-19(25)21(7-11-23(15)12-8-21)17-3-5-18(6-4-17)22-9-13-24(14-10-22)16(2)20(22)26/h3-6H,1-2,7-14H2. The molecule has 134 valence electrons. The lowest BCUT2D eigenvalue weighted by molar-refractivity contribution is -0.129. The van der Waals surface area contributed by atoms with Crippen LogP contribution in [0, 0.1) is 0 Å². The van der Waals surface area contributed by atoms with Crippen LogP contribution in [0.4, 0.5) is 0 Å². The van der Waals surface area contributed by atoms with E-state index in [2.05, 4.69) is 47.2 Å². The molecule has 0 amide bonds. The minimum absolute atomic E-state index is 0.177. The van der Waals surface area contributed by atoms with E-state index in [4.69, 9.17) is 0 Å². The Morgan fingerprint density at radius 1 is 0.654 bits per heavy atom. The van der Waals surface area contributed by atoms with Crippen LogP contribution in [0.25, 0.3) is 0 Å². The number of hydrogen-bond acceptors (Lipinski definition) is 4. The van der Waals surface area contributed by atoms with E-state index >= 15 is 0 Å². The van der Waals surface area contributed by atoms with Gasteiger partial charge >= 0.3 is 0 Å². The molecular weight excluding hydrogens is 324 g/mol. The molecule has 0 atom stereocenters. The molecule has 7 rings (SSSR count). The Balaban J connectivity index is 1.52. The van der Waals surface area contributed by atoms with Gasteiger partial charge < -0.3 is 9.80 Å². The number of allylic oxidation sites excluding steroid dienone is 2. The summed E-state index contributed by atoms with van der Waals surface area (Å²) in [6, 6.07) is 8.36. The molecule has 4 nitrogen and oxygen atoms in total. The van der Waals surface area contributed by atoms with Gasteiger partial charge in [0.2, 0.25) is 0 Å². The summed E-state index contributed by atoms with van der Waals surface area (Å²) in [5.74, 6) is 0.354. The van der Waals surface area contributed by atoms with E-state index < -0.39 is 10.8 Å². The first-order chi connectivity index (χ1) is 12.5. The van der Waals surface area contributed by atoms with E-state index in [1.54, 1.807) is 0 Å². The van der Waals surface area contributed by atoms with Crippen molar-refractivity contribution in [3.05, 3.63) is 59.9 Å². The predicted molar refractivity (Wildman–Crippen MR) is 99.7 cm³/mol. The summed E-state index contributed by atoms with van der Waals surface area (Å²) in [4.78, 5) is 30.0. The van der Waals surface area contributed by atoms with Crippen molar-refractivity contribution in [1.82, 2.24) is 9.80 Å². The molecule has 6 heterocycles. The minimum Gasteiger partial charge on any atom is -0.369 e. The van der Waals surface area contributed by atoms with Crippen molar-refractivity contribution >= 4 is 11.6 Å². The minimum atomic E-state index is -0.411. The van der Waals surface area contributed by atoms with Crippen LogP contribution in [0.1, 0.15) is 36.8 Å². The number of benzene rings is 1. The van der Waals surface area contributed by atoms with Crippen LogP contribution in [-0.2, 0) is 20.4 Å². The Morgan fingerprint density at radius 3 is 1.27 bits per heavy atom. The molecule has 4 heteroatoms. The van der Waals surface area contributed by atoms with Crippen molar-refractivity contribution in [3.63, 3.8) is 0 Å². The SMILES string of the molecule is C=C1C(=O)C2(c3ccc(C45CCN(CC4)C(=C)C5=O)cc3)CCN1CC2. The second-order valence-electron chi connectivity index (χ2n) is 8.27. The summed E-state index contributed by atoms with van der Waals surface area (Å²) >= 11 is 0. The van der Waals surface area contributed by atoms with E-state index in [1.807, 2.05) is 0 Å². The summed E-state index contributed by atoms with van der Waals surface area (Å²) in [6.45, 7) is 11.6. The third kappa shape index (κ3) is 1.80. The molecule has 0 N–H and O–H groups in total. The summed E-state index contributed by atoms with van der Waals surface area (Å²) in [6.07, 6.45) is 3.44. The average molecular weight is 348 g/mol. The number of piperidine rings is 6. The molecule has 6 saturated heterocycles. The van der Waals surface area contributed by atoms with E-state index in [-0.39, 0.29) is 11.6 Å². The number of rotatable bonds is 2. The van der Waals surface area contributed by atoms with Gasteiger partial charge in [0, 0.05) is 26.2 Å². The lowest BCUT2D eigenvalue weighted by atomic mass is 9.63. The zero-order valence-corrected chi connectivity index (χ0v) is 15.1. The highest BCUT2D eigenvalue weighted by Gasteiger charge is 2.51. The summed E-state index contributed by atoms with van der Waals surface area (Å²) in [7, 11) is 0. The van der Waals surface area contributed by atoms with E-state index in [1.165, 1.54) is 0 Å². The van der Waals surface area contributed by atoms with Crippen LogP contribution in [0.5, 0.6) is 0 Å². The molecule has 6 fully saturated rings. The second-order valence-corrected chi connectivity index (χ2v) is 8.27. The lowest BCUT2D eigenvalue weighted by Crippen LogP contribution is -2.56. The smallest absolute Gasteiger partial charge is 0.188 e. The van der Waals surface area contributed by atoms with Gasteiger partial charge in [0.25, 0.3) is 0 Å². The highest BCUT2D eigenvalue weighted by molar-refractivity contribution is 6.05. The van der Waals surface area contributed by atoms with Crippen molar-refractivity contribution in [2.24, 2.45) is 0 Å². The number of carbonyl (C=O) groups excluding carboxylic acids is 2. The largest absolute Gasteiger partial charge is 0.369 e.